The molecule has 3 aliphatic rings. The van der Waals surface area contributed by atoms with E-state index in [1.165, 1.54) is 12.8 Å². The molecule has 1 aromatic carbocycles. The fourth-order valence-corrected chi connectivity index (χ4v) is 5.13. The van der Waals surface area contributed by atoms with E-state index in [9.17, 15) is 9.59 Å². The molecule has 1 saturated carbocycles. The maximum Gasteiger partial charge on any atom is 0.253 e. The number of hydrogen-bond donors (Lipinski definition) is 0. The molecule has 0 spiro atoms. The van der Waals surface area contributed by atoms with Crippen LogP contribution >= 0.6 is 0 Å². The second-order valence-corrected chi connectivity index (χ2v) is 9.58. The van der Waals surface area contributed by atoms with Crippen LogP contribution in [-0.2, 0) is 4.79 Å². The summed E-state index contributed by atoms with van der Waals surface area (Å²) in [4.78, 5) is 29.4. The van der Waals surface area contributed by atoms with E-state index in [1.807, 2.05) is 29.2 Å². The second-order valence-electron chi connectivity index (χ2n) is 9.58. The third-order valence-corrected chi connectivity index (χ3v) is 7.19. The lowest BCUT2D eigenvalue weighted by atomic mass is 9.96. The smallest absolute Gasteiger partial charge is 0.253 e. The molecule has 2 amide bonds. The lowest BCUT2D eigenvalue weighted by molar-refractivity contribution is -0.137. The highest BCUT2D eigenvalue weighted by Gasteiger charge is 2.30. The van der Waals surface area contributed by atoms with E-state index in [1.54, 1.807) is 0 Å². The highest BCUT2D eigenvalue weighted by atomic mass is 16.5. The van der Waals surface area contributed by atoms with Crippen LogP contribution in [0.3, 0.4) is 0 Å². The molecular weight excluding hydrogens is 376 g/mol. The minimum absolute atomic E-state index is 0.127. The molecule has 1 unspecified atom stereocenters. The van der Waals surface area contributed by atoms with Crippen LogP contribution in [-0.4, -0.2) is 54.4 Å². The Labute approximate surface area is 180 Å². The van der Waals surface area contributed by atoms with Crippen LogP contribution in [0.4, 0.5) is 0 Å². The van der Waals surface area contributed by atoms with Gasteiger partial charge in [-0.2, -0.15) is 0 Å². The zero-order valence-electron chi connectivity index (χ0n) is 18.4. The summed E-state index contributed by atoms with van der Waals surface area (Å²) in [5.74, 6) is 2.67. The van der Waals surface area contributed by atoms with Crippen LogP contribution in [0.25, 0.3) is 0 Å². The van der Waals surface area contributed by atoms with Crippen molar-refractivity contribution < 1.29 is 14.3 Å². The molecule has 4 rings (SSSR count). The molecule has 0 bridgehead atoms. The molecule has 3 fully saturated rings. The van der Waals surface area contributed by atoms with Gasteiger partial charge in [-0.1, -0.05) is 19.8 Å². The molecule has 5 heteroatoms. The minimum Gasteiger partial charge on any atom is -0.493 e. The number of rotatable bonds is 5. The van der Waals surface area contributed by atoms with Gasteiger partial charge in [0.1, 0.15) is 5.75 Å². The first-order valence-corrected chi connectivity index (χ1v) is 11.9. The van der Waals surface area contributed by atoms with Crippen molar-refractivity contribution in [2.45, 2.75) is 58.3 Å². The Morgan fingerprint density at radius 3 is 2.30 bits per heavy atom. The fraction of sp³-hybridized carbons (Fsp3) is 0.680. The van der Waals surface area contributed by atoms with E-state index >= 15 is 0 Å². The van der Waals surface area contributed by atoms with Crippen LogP contribution in [0.5, 0.6) is 5.75 Å². The van der Waals surface area contributed by atoms with Gasteiger partial charge in [-0.25, -0.2) is 0 Å². The van der Waals surface area contributed by atoms with Gasteiger partial charge in [0.25, 0.3) is 5.91 Å². The van der Waals surface area contributed by atoms with Crippen molar-refractivity contribution in [1.29, 1.82) is 0 Å². The van der Waals surface area contributed by atoms with Gasteiger partial charge in [-0.05, 0) is 68.7 Å². The summed E-state index contributed by atoms with van der Waals surface area (Å²) in [7, 11) is 0. The van der Waals surface area contributed by atoms with Crippen LogP contribution in [0.1, 0.15) is 68.6 Å². The van der Waals surface area contributed by atoms with Gasteiger partial charge in [0.15, 0.2) is 0 Å². The van der Waals surface area contributed by atoms with Crippen molar-refractivity contribution in [3.8, 4) is 5.75 Å². The molecule has 0 N–H and O–H groups in total. The number of nitrogens with zero attached hydrogens (tertiary/aromatic N) is 2. The van der Waals surface area contributed by atoms with Crippen LogP contribution in [0.2, 0.25) is 0 Å². The van der Waals surface area contributed by atoms with E-state index in [0.717, 1.165) is 76.0 Å². The normalized spacial score (nSPS) is 23.6. The Morgan fingerprint density at radius 2 is 1.60 bits per heavy atom. The summed E-state index contributed by atoms with van der Waals surface area (Å²) in [5.41, 5.74) is 0.739. The van der Waals surface area contributed by atoms with Gasteiger partial charge in [0.05, 0.1) is 6.61 Å². The van der Waals surface area contributed by atoms with Crippen molar-refractivity contribution in [1.82, 2.24) is 9.80 Å². The number of carbonyl (C=O) groups excluding carboxylic acids is 2. The van der Waals surface area contributed by atoms with Gasteiger partial charge >= 0.3 is 0 Å². The van der Waals surface area contributed by atoms with Gasteiger partial charge in [0.2, 0.25) is 5.91 Å². The van der Waals surface area contributed by atoms with Crippen molar-refractivity contribution in [3.63, 3.8) is 0 Å². The molecule has 1 aromatic rings. The Bertz CT molecular complexity index is 718. The van der Waals surface area contributed by atoms with Crippen molar-refractivity contribution in [2.24, 2.45) is 17.8 Å². The Kier molecular flexibility index (Phi) is 6.96. The maximum absolute atomic E-state index is 12.7. The summed E-state index contributed by atoms with van der Waals surface area (Å²) in [6.07, 6.45) is 8.89. The second kappa shape index (κ2) is 9.84. The van der Waals surface area contributed by atoms with Gasteiger partial charge in [-0.3, -0.25) is 9.59 Å². The molecule has 2 heterocycles. The molecule has 164 valence electrons. The molecule has 2 aliphatic heterocycles. The summed E-state index contributed by atoms with van der Waals surface area (Å²) in [6, 6.07) is 7.58. The topological polar surface area (TPSA) is 49.9 Å². The molecule has 0 radical (unpaired) electrons. The van der Waals surface area contributed by atoms with Crippen molar-refractivity contribution in [2.75, 3.05) is 32.8 Å². The predicted octanol–water partition coefficient (Wildman–Crippen LogP) is 4.37. The molecule has 1 atom stereocenters. The maximum atomic E-state index is 12.7. The van der Waals surface area contributed by atoms with Crippen LogP contribution in [0.15, 0.2) is 24.3 Å². The summed E-state index contributed by atoms with van der Waals surface area (Å²) in [5, 5.41) is 0. The number of carbonyl (C=O) groups is 2. The molecular formula is C25H36N2O3. The average molecular weight is 413 g/mol. The van der Waals surface area contributed by atoms with Crippen molar-refractivity contribution >= 4 is 11.8 Å². The van der Waals surface area contributed by atoms with E-state index < -0.39 is 0 Å². The summed E-state index contributed by atoms with van der Waals surface area (Å²) < 4.78 is 6.03. The molecule has 2 saturated heterocycles. The van der Waals surface area contributed by atoms with Crippen LogP contribution in [0, 0.1) is 17.8 Å². The first kappa shape index (κ1) is 21.2. The van der Waals surface area contributed by atoms with Crippen molar-refractivity contribution in [3.05, 3.63) is 29.8 Å². The highest BCUT2D eigenvalue weighted by Crippen LogP contribution is 2.29. The lowest BCUT2D eigenvalue weighted by Crippen LogP contribution is -2.43. The predicted molar refractivity (Wildman–Crippen MR) is 118 cm³/mol. The number of piperidine rings is 2. The molecule has 5 nitrogen and oxygen atoms in total. The summed E-state index contributed by atoms with van der Waals surface area (Å²) in [6.45, 7) is 6.32. The van der Waals surface area contributed by atoms with Gasteiger partial charge in [0, 0.05) is 43.6 Å². The highest BCUT2D eigenvalue weighted by molar-refractivity contribution is 5.94. The Balaban J connectivity index is 1.25. The zero-order chi connectivity index (χ0) is 20.9. The Morgan fingerprint density at radius 1 is 0.900 bits per heavy atom. The van der Waals surface area contributed by atoms with Gasteiger partial charge < -0.3 is 14.5 Å². The SMILES string of the molecule is CC1CCN(C(=O)c2ccc(OCC3CCCN(C(=O)C4CCCC4)C3)cc2)CC1. The minimum atomic E-state index is 0.127. The van der Waals surface area contributed by atoms with E-state index in [2.05, 4.69) is 11.8 Å². The Hall–Kier alpha value is -2.04. The molecule has 0 aromatic heterocycles. The number of benzene rings is 1. The standard InChI is InChI=1S/C25H36N2O3/c1-19-12-15-26(16-13-19)24(28)22-8-10-23(11-9-22)30-18-20-5-4-14-27(17-20)25(29)21-6-2-3-7-21/h8-11,19-21H,2-7,12-18H2,1H3. The molecule has 1 aliphatic carbocycles. The third kappa shape index (κ3) is 5.16. The fourth-order valence-electron chi connectivity index (χ4n) is 5.13. The van der Waals surface area contributed by atoms with E-state index in [0.29, 0.717) is 24.3 Å². The van der Waals surface area contributed by atoms with Gasteiger partial charge in [-0.15, -0.1) is 0 Å². The first-order chi connectivity index (χ1) is 14.6. The van der Waals surface area contributed by atoms with Crippen LogP contribution < -0.4 is 4.74 Å². The summed E-state index contributed by atoms with van der Waals surface area (Å²) >= 11 is 0. The van der Waals surface area contributed by atoms with E-state index in [4.69, 9.17) is 4.74 Å². The number of likely N-dealkylation sites (tertiary alicyclic amines) is 2. The van der Waals surface area contributed by atoms with E-state index in [-0.39, 0.29) is 11.8 Å². The zero-order valence-corrected chi connectivity index (χ0v) is 18.4. The average Bonchev–Trinajstić information content (AvgIpc) is 3.33. The third-order valence-electron chi connectivity index (χ3n) is 7.19. The lowest BCUT2D eigenvalue weighted by Gasteiger charge is -2.34. The first-order valence-electron chi connectivity index (χ1n) is 11.9. The quantitative estimate of drug-likeness (QED) is 0.722. The number of hydrogen-bond acceptors (Lipinski definition) is 3. The largest absolute Gasteiger partial charge is 0.493 e. The molecule has 30 heavy (non-hydrogen) atoms. The monoisotopic (exact) mass is 412 g/mol. The number of ether oxygens (including phenoxy) is 1. The number of amides is 2.